The highest BCUT2D eigenvalue weighted by Gasteiger charge is 2.29. The van der Waals surface area contributed by atoms with Crippen LogP contribution >= 0.6 is 11.3 Å². The summed E-state index contributed by atoms with van der Waals surface area (Å²) in [6, 6.07) is 19.3. The van der Waals surface area contributed by atoms with Crippen molar-refractivity contribution >= 4 is 28.2 Å². The van der Waals surface area contributed by atoms with Gasteiger partial charge in [-0.15, -0.1) is 11.3 Å². The van der Waals surface area contributed by atoms with Gasteiger partial charge in [-0.25, -0.2) is 4.79 Å². The largest absolute Gasteiger partial charge is 0.465 e. The van der Waals surface area contributed by atoms with Gasteiger partial charge in [0, 0.05) is 30.1 Å². The molecule has 0 atom stereocenters. The molecule has 0 fully saturated rings. The fraction of sp³-hybridized carbons (Fsp3) is 0.217. The van der Waals surface area contributed by atoms with Crippen LogP contribution in [-0.4, -0.2) is 30.4 Å². The Balaban J connectivity index is 1.59. The predicted octanol–water partition coefficient (Wildman–Crippen LogP) is 4.35. The first-order chi connectivity index (χ1) is 14.2. The number of rotatable bonds is 5. The topological polar surface area (TPSA) is 58.6 Å². The van der Waals surface area contributed by atoms with Crippen LogP contribution < -0.4 is 5.32 Å². The Bertz CT molecular complexity index is 1020. The Hall–Kier alpha value is -2.96. The second-order valence-electron chi connectivity index (χ2n) is 6.97. The lowest BCUT2D eigenvalue weighted by atomic mass is 10.0. The average molecular weight is 407 g/mol. The fourth-order valence-corrected chi connectivity index (χ4v) is 4.88. The highest BCUT2D eigenvalue weighted by molar-refractivity contribution is 7.17. The Labute approximate surface area is 173 Å². The van der Waals surface area contributed by atoms with Crippen molar-refractivity contribution in [2.75, 3.05) is 19.0 Å². The number of thiophene rings is 1. The number of anilines is 1. The molecule has 1 aliphatic rings. The van der Waals surface area contributed by atoms with Gasteiger partial charge in [-0.2, -0.15) is 0 Å². The van der Waals surface area contributed by atoms with E-state index in [1.807, 2.05) is 36.4 Å². The summed E-state index contributed by atoms with van der Waals surface area (Å²) in [6.45, 7) is 2.46. The average Bonchev–Trinajstić information content (AvgIpc) is 3.11. The van der Waals surface area contributed by atoms with E-state index in [-0.39, 0.29) is 5.91 Å². The van der Waals surface area contributed by atoms with Crippen LogP contribution in [0, 0.1) is 0 Å². The van der Waals surface area contributed by atoms with Crippen LogP contribution in [0.2, 0.25) is 0 Å². The number of hydrogen-bond acceptors (Lipinski definition) is 5. The molecule has 1 N–H and O–H groups in total. The zero-order chi connectivity index (χ0) is 20.2. The number of nitrogens with one attached hydrogen (secondary N) is 1. The number of carbonyl (C=O) groups is 2. The molecule has 1 aliphatic heterocycles. The lowest BCUT2D eigenvalue weighted by Gasteiger charge is -2.27. The SMILES string of the molecule is COC(=O)c1c(NC(=O)c2ccccc2)sc2c1CCN(Cc1ccccc1)C2. The minimum atomic E-state index is -0.401. The van der Waals surface area contributed by atoms with Crippen LogP contribution in [0.25, 0.3) is 0 Å². The maximum Gasteiger partial charge on any atom is 0.341 e. The van der Waals surface area contributed by atoms with E-state index in [1.54, 1.807) is 12.1 Å². The number of nitrogens with zero attached hydrogens (tertiary/aromatic N) is 1. The number of ether oxygens (including phenoxy) is 1. The van der Waals surface area contributed by atoms with Crippen molar-refractivity contribution in [3.05, 3.63) is 87.8 Å². The molecule has 0 spiro atoms. The molecule has 1 aromatic heterocycles. The highest BCUT2D eigenvalue weighted by Crippen LogP contribution is 2.38. The van der Waals surface area contributed by atoms with Gasteiger partial charge in [0.2, 0.25) is 0 Å². The van der Waals surface area contributed by atoms with Crippen LogP contribution in [-0.2, 0) is 24.2 Å². The van der Waals surface area contributed by atoms with Gasteiger partial charge in [-0.1, -0.05) is 48.5 Å². The molecule has 0 saturated carbocycles. The third-order valence-electron chi connectivity index (χ3n) is 5.04. The molecule has 6 heteroatoms. The van der Waals surface area contributed by atoms with E-state index in [1.165, 1.54) is 24.0 Å². The van der Waals surface area contributed by atoms with Gasteiger partial charge in [0.15, 0.2) is 0 Å². The third-order valence-corrected chi connectivity index (χ3v) is 6.17. The minimum Gasteiger partial charge on any atom is -0.465 e. The fourth-order valence-electron chi connectivity index (χ4n) is 3.60. The zero-order valence-electron chi connectivity index (χ0n) is 16.2. The summed E-state index contributed by atoms with van der Waals surface area (Å²) in [5.41, 5.74) is 3.31. The second kappa shape index (κ2) is 8.59. The van der Waals surface area contributed by atoms with Crippen LogP contribution in [0.5, 0.6) is 0 Å². The van der Waals surface area contributed by atoms with Crippen molar-refractivity contribution in [1.29, 1.82) is 0 Å². The van der Waals surface area contributed by atoms with E-state index in [0.717, 1.165) is 36.5 Å². The molecule has 0 bridgehead atoms. The van der Waals surface area contributed by atoms with Crippen molar-refractivity contribution in [2.24, 2.45) is 0 Å². The first-order valence-corrected chi connectivity index (χ1v) is 10.3. The summed E-state index contributed by atoms with van der Waals surface area (Å²) in [4.78, 5) is 28.6. The molecule has 1 amide bonds. The maximum absolute atomic E-state index is 12.6. The molecule has 0 radical (unpaired) electrons. The van der Waals surface area contributed by atoms with Gasteiger partial charge in [-0.3, -0.25) is 9.69 Å². The van der Waals surface area contributed by atoms with Crippen LogP contribution in [0.3, 0.4) is 0 Å². The van der Waals surface area contributed by atoms with E-state index in [9.17, 15) is 9.59 Å². The van der Waals surface area contributed by atoms with Crippen molar-refractivity contribution in [3.8, 4) is 0 Å². The molecule has 0 unspecified atom stereocenters. The van der Waals surface area contributed by atoms with E-state index < -0.39 is 5.97 Å². The molecule has 3 aromatic rings. The molecule has 29 heavy (non-hydrogen) atoms. The Morgan fingerprint density at radius 1 is 1.07 bits per heavy atom. The number of amides is 1. The molecule has 0 aliphatic carbocycles. The van der Waals surface area contributed by atoms with Crippen molar-refractivity contribution in [2.45, 2.75) is 19.5 Å². The summed E-state index contributed by atoms with van der Waals surface area (Å²) in [6.07, 6.45) is 0.754. The van der Waals surface area contributed by atoms with Gasteiger partial charge in [0.1, 0.15) is 5.00 Å². The Morgan fingerprint density at radius 3 is 2.45 bits per heavy atom. The van der Waals surface area contributed by atoms with Crippen LogP contribution in [0.15, 0.2) is 60.7 Å². The van der Waals surface area contributed by atoms with Gasteiger partial charge >= 0.3 is 5.97 Å². The van der Waals surface area contributed by atoms with Gasteiger partial charge < -0.3 is 10.1 Å². The van der Waals surface area contributed by atoms with Gasteiger partial charge in [0.25, 0.3) is 5.91 Å². The third kappa shape index (κ3) is 4.23. The molecule has 2 heterocycles. The molecule has 0 saturated heterocycles. The summed E-state index contributed by atoms with van der Waals surface area (Å²) >= 11 is 1.47. The lowest BCUT2D eigenvalue weighted by molar-refractivity contribution is 0.0600. The second-order valence-corrected chi connectivity index (χ2v) is 8.07. The lowest BCUT2D eigenvalue weighted by Crippen LogP contribution is -2.29. The first-order valence-electron chi connectivity index (χ1n) is 9.51. The van der Waals surface area contributed by atoms with E-state index in [4.69, 9.17) is 4.74 Å². The summed E-state index contributed by atoms with van der Waals surface area (Å²) in [5, 5.41) is 3.49. The number of hydrogen-bond donors (Lipinski definition) is 1. The maximum atomic E-state index is 12.6. The number of esters is 1. The van der Waals surface area contributed by atoms with E-state index in [0.29, 0.717) is 16.1 Å². The first kappa shape index (κ1) is 19.4. The van der Waals surface area contributed by atoms with Crippen molar-refractivity contribution < 1.29 is 14.3 Å². The standard InChI is InChI=1S/C23H22N2O3S/c1-28-23(27)20-18-12-13-25(14-16-8-4-2-5-9-16)15-19(18)29-22(20)24-21(26)17-10-6-3-7-11-17/h2-11H,12-15H2,1H3,(H,24,26). The molecule has 2 aromatic carbocycles. The Kier molecular flexibility index (Phi) is 5.74. The summed E-state index contributed by atoms with van der Waals surface area (Å²) in [7, 11) is 1.37. The zero-order valence-corrected chi connectivity index (χ0v) is 17.0. The Morgan fingerprint density at radius 2 is 1.76 bits per heavy atom. The predicted molar refractivity (Wildman–Crippen MR) is 114 cm³/mol. The number of carbonyl (C=O) groups excluding carboxylic acids is 2. The molecule has 5 nitrogen and oxygen atoms in total. The molecular weight excluding hydrogens is 384 g/mol. The summed E-state index contributed by atoms with van der Waals surface area (Å²) in [5.74, 6) is -0.627. The quantitative estimate of drug-likeness (QED) is 0.640. The summed E-state index contributed by atoms with van der Waals surface area (Å²) < 4.78 is 5.01. The highest BCUT2D eigenvalue weighted by atomic mass is 32.1. The van der Waals surface area contributed by atoms with E-state index in [2.05, 4.69) is 22.3 Å². The van der Waals surface area contributed by atoms with Gasteiger partial charge in [-0.05, 0) is 29.7 Å². The van der Waals surface area contributed by atoms with Crippen molar-refractivity contribution in [1.82, 2.24) is 4.90 Å². The molecular formula is C23H22N2O3S. The number of benzene rings is 2. The monoisotopic (exact) mass is 406 g/mol. The normalized spacial score (nSPS) is 13.6. The number of fused-ring (bicyclic) bond motifs is 1. The van der Waals surface area contributed by atoms with Crippen LogP contribution in [0.4, 0.5) is 5.00 Å². The van der Waals surface area contributed by atoms with E-state index >= 15 is 0 Å². The van der Waals surface area contributed by atoms with Gasteiger partial charge in [0.05, 0.1) is 12.7 Å². The van der Waals surface area contributed by atoms with Crippen LogP contribution in [0.1, 0.15) is 36.7 Å². The minimum absolute atomic E-state index is 0.226. The molecule has 148 valence electrons. The molecule has 4 rings (SSSR count). The van der Waals surface area contributed by atoms with Crippen molar-refractivity contribution in [3.63, 3.8) is 0 Å². The smallest absolute Gasteiger partial charge is 0.341 e. The number of methoxy groups -OCH3 is 1.